The molecule has 28 heavy (non-hydrogen) atoms. The van der Waals surface area contributed by atoms with Crippen LogP contribution in [-0.2, 0) is 0 Å². The van der Waals surface area contributed by atoms with Gasteiger partial charge in [0.1, 0.15) is 0 Å². The van der Waals surface area contributed by atoms with Crippen LogP contribution in [-0.4, -0.2) is 3.59 Å². The Morgan fingerprint density at radius 2 is 1.64 bits per heavy atom. The maximum absolute atomic E-state index is 3.85. The van der Waals surface area contributed by atoms with Gasteiger partial charge < -0.3 is 0 Å². The third-order valence-electron chi connectivity index (χ3n) is 6.31. The van der Waals surface area contributed by atoms with Crippen molar-refractivity contribution in [3.05, 3.63) is 100 Å². The van der Waals surface area contributed by atoms with Gasteiger partial charge in [-0.3, -0.25) is 3.59 Å². The maximum Gasteiger partial charge on any atom is 0.0577 e. The van der Waals surface area contributed by atoms with Crippen LogP contribution >= 0.6 is 16.1 Å². The molecule has 0 aliphatic heterocycles. The number of halogens is 1. The molecule has 3 aliphatic carbocycles. The zero-order chi connectivity index (χ0) is 18.7. The van der Waals surface area contributed by atoms with Crippen LogP contribution in [0.3, 0.4) is 0 Å². The van der Waals surface area contributed by atoms with Gasteiger partial charge in [-0.15, -0.1) is 0 Å². The number of hydrogen-bond acceptors (Lipinski definition) is 0. The lowest BCUT2D eigenvalue weighted by Gasteiger charge is -2.24. The number of nitrogens with zero attached hydrogens (tertiary/aromatic N) is 1. The summed E-state index contributed by atoms with van der Waals surface area (Å²) in [6.07, 6.45) is 14.3. The van der Waals surface area contributed by atoms with E-state index in [1.165, 1.54) is 50.5 Å². The van der Waals surface area contributed by atoms with E-state index in [-0.39, 0.29) is 0 Å². The van der Waals surface area contributed by atoms with Crippen LogP contribution in [0, 0.1) is 0 Å². The van der Waals surface area contributed by atoms with E-state index in [9.17, 15) is 0 Å². The van der Waals surface area contributed by atoms with Crippen molar-refractivity contribution in [2.24, 2.45) is 0 Å². The molecular formula is C26H20BrN. The van der Waals surface area contributed by atoms with Crippen molar-refractivity contribution in [2.45, 2.75) is 24.7 Å². The van der Waals surface area contributed by atoms with Gasteiger partial charge in [-0.1, -0.05) is 78.9 Å². The Balaban J connectivity index is 1.47. The minimum absolute atomic E-state index is 0.293. The summed E-state index contributed by atoms with van der Waals surface area (Å²) in [5, 5.41) is 2.67. The molecule has 0 saturated heterocycles. The van der Waals surface area contributed by atoms with E-state index in [1.807, 2.05) is 0 Å². The second-order valence-corrected chi connectivity index (χ2v) is 8.60. The quantitative estimate of drug-likeness (QED) is 0.510. The molecule has 3 aromatic rings. The van der Waals surface area contributed by atoms with Crippen LogP contribution in [0.2, 0.25) is 0 Å². The van der Waals surface area contributed by atoms with Gasteiger partial charge in [-0.25, -0.2) is 0 Å². The topological polar surface area (TPSA) is 4.93 Å². The van der Waals surface area contributed by atoms with Crippen molar-refractivity contribution in [3.63, 3.8) is 0 Å². The second-order valence-electron chi connectivity index (χ2n) is 7.89. The van der Waals surface area contributed by atoms with Gasteiger partial charge in [0.15, 0.2) is 0 Å². The van der Waals surface area contributed by atoms with Gasteiger partial charge in [0, 0.05) is 17.4 Å². The van der Waals surface area contributed by atoms with Gasteiger partial charge in [-0.2, -0.15) is 0 Å². The van der Waals surface area contributed by atoms with Crippen molar-refractivity contribution in [2.75, 3.05) is 0 Å². The lowest BCUT2D eigenvalue weighted by Crippen LogP contribution is -2.23. The average molecular weight is 426 g/mol. The number of allylic oxidation sites excluding steroid dienone is 4. The maximum atomic E-state index is 3.85. The SMILES string of the molecule is Brn1c2c3c4c1=CCCC4C=CC3=CC(c1ccc(-c3ccccc3)cc1)C=2. The first kappa shape index (κ1) is 16.4. The zero-order valence-corrected chi connectivity index (χ0v) is 17.1. The predicted octanol–water partition coefficient (Wildman–Crippen LogP) is 5.50. The highest BCUT2D eigenvalue weighted by Crippen LogP contribution is 2.38. The molecule has 0 fully saturated rings. The summed E-state index contributed by atoms with van der Waals surface area (Å²) in [7, 11) is 0. The standard InChI is InChI=1S/C26H20BrN/c27-28-23-8-4-7-20-13-14-21-15-22(16-24(28)26(21)25(20)23)19-11-9-18(10-12-19)17-5-2-1-3-6-17/h1-3,5-6,8-16,20,22H,4,7H2. The van der Waals surface area contributed by atoms with Crippen molar-refractivity contribution in [1.29, 1.82) is 0 Å². The third kappa shape index (κ3) is 2.37. The third-order valence-corrected chi connectivity index (χ3v) is 7.07. The Hall–Kier alpha value is -2.58. The molecule has 2 atom stereocenters. The first-order valence-corrected chi connectivity index (χ1v) is 10.7. The molecule has 2 heteroatoms. The summed E-state index contributed by atoms with van der Waals surface area (Å²) >= 11 is 3.85. The summed E-state index contributed by atoms with van der Waals surface area (Å²) in [5.41, 5.74) is 8.19. The molecule has 1 heterocycles. The Labute approximate surface area is 173 Å². The first-order chi connectivity index (χ1) is 13.8. The predicted molar refractivity (Wildman–Crippen MR) is 121 cm³/mol. The highest BCUT2D eigenvalue weighted by atomic mass is 79.9. The van der Waals surface area contributed by atoms with Gasteiger partial charge in [0.25, 0.3) is 0 Å². The number of rotatable bonds is 2. The van der Waals surface area contributed by atoms with E-state index in [0.29, 0.717) is 11.8 Å². The zero-order valence-electron chi connectivity index (χ0n) is 15.5. The van der Waals surface area contributed by atoms with Gasteiger partial charge in [0.05, 0.1) is 26.8 Å². The number of aromatic nitrogens is 1. The monoisotopic (exact) mass is 425 g/mol. The fourth-order valence-corrected chi connectivity index (χ4v) is 5.56. The van der Waals surface area contributed by atoms with Crippen LogP contribution in [0.4, 0.5) is 0 Å². The number of benzene rings is 2. The fraction of sp³-hybridized carbons (Fsp3) is 0.154. The molecule has 1 nitrogen and oxygen atoms in total. The molecule has 1 aromatic heterocycles. The van der Waals surface area contributed by atoms with E-state index in [2.05, 4.69) is 105 Å². The van der Waals surface area contributed by atoms with Gasteiger partial charge in [0.2, 0.25) is 0 Å². The lowest BCUT2D eigenvalue weighted by atomic mass is 9.79. The molecule has 136 valence electrons. The van der Waals surface area contributed by atoms with E-state index >= 15 is 0 Å². The van der Waals surface area contributed by atoms with E-state index in [1.54, 1.807) is 0 Å². The lowest BCUT2D eigenvalue weighted by molar-refractivity contribution is 0.735. The smallest absolute Gasteiger partial charge is 0.0577 e. The first-order valence-electron chi connectivity index (χ1n) is 9.98. The van der Waals surface area contributed by atoms with E-state index < -0.39 is 0 Å². The summed E-state index contributed by atoms with van der Waals surface area (Å²) in [6, 6.07) is 19.6. The molecule has 0 bridgehead atoms. The van der Waals surface area contributed by atoms with Crippen LogP contribution in [0.5, 0.6) is 0 Å². The fourth-order valence-electron chi connectivity index (χ4n) is 4.93. The summed E-state index contributed by atoms with van der Waals surface area (Å²) < 4.78 is 2.23. The van der Waals surface area contributed by atoms with Crippen molar-refractivity contribution >= 4 is 33.9 Å². The van der Waals surface area contributed by atoms with E-state index in [0.717, 1.165) is 6.42 Å². The Bertz CT molecular complexity index is 1260. The van der Waals surface area contributed by atoms with Gasteiger partial charge >= 0.3 is 0 Å². The summed E-state index contributed by atoms with van der Waals surface area (Å²) in [6.45, 7) is 0. The average Bonchev–Trinajstić information content (AvgIpc) is 3.06. The number of hydrogen-bond donors (Lipinski definition) is 0. The van der Waals surface area contributed by atoms with Crippen LogP contribution in [0.1, 0.15) is 41.4 Å². The van der Waals surface area contributed by atoms with Gasteiger partial charge in [-0.05, 0) is 46.7 Å². The Morgan fingerprint density at radius 3 is 2.46 bits per heavy atom. The molecule has 0 saturated carbocycles. The van der Waals surface area contributed by atoms with Crippen LogP contribution in [0.15, 0.2) is 72.8 Å². The van der Waals surface area contributed by atoms with Crippen LogP contribution in [0.25, 0.3) is 28.9 Å². The highest BCUT2D eigenvalue weighted by molar-refractivity contribution is 9.08. The largest absolute Gasteiger partial charge is 0.277 e. The molecule has 2 aromatic carbocycles. The molecule has 0 spiro atoms. The molecule has 0 radical (unpaired) electrons. The molecule has 3 aliphatic rings. The molecule has 0 amide bonds. The Kier molecular flexibility index (Phi) is 3.64. The van der Waals surface area contributed by atoms with E-state index in [4.69, 9.17) is 0 Å². The highest BCUT2D eigenvalue weighted by Gasteiger charge is 2.29. The summed E-state index contributed by atoms with van der Waals surface area (Å²) in [5.74, 6) is 0.862. The molecule has 0 N–H and O–H groups in total. The van der Waals surface area contributed by atoms with Crippen LogP contribution < -0.4 is 10.7 Å². The van der Waals surface area contributed by atoms with Crippen molar-refractivity contribution in [1.82, 2.24) is 3.59 Å². The summed E-state index contributed by atoms with van der Waals surface area (Å²) in [4.78, 5) is 0. The normalized spacial score (nSPS) is 21.4. The molecule has 2 unspecified atom stereocenters. The molecular weight excluding hydrogens is 406 g/mol. The Morgan fingerprint density at radius 1 is 0.857 bits per heavy atom. The minimum atomic E-state index is 0.293. The minimum Gasteiger partial charge on any atom is -0.277 e. The van der Waals surface area contributed by atoms with Crippen molar-refractivity contribution in [3.8, 4) is 11.1 Å². The molecule has 6 rings (SSSR count). The second kappa shape index (κ2) is 6.22. The van der Waals surface area contributed by atoms with Crippen molar-refractivity contribution < 1.29 is 0 Å².